The van der Waals surface area contributed by atoms with Gasteiger partial charge in [0, 0.05) is 0 Å². The molecule has 1 atom stereocenters. The van der Waals surface area contributed by atoms with Crippen molar-refractivity contribution >= 4 is 0 Å². The lowest BCUT2D eigenvalue weighted by molar-refractivity contribution is 0.123. The summed E-state index contributed by atoms with van der Waals surface area (Å²) in [5.74, 6) is 0. The van der Waals surface area contributed by atoms with Crippen LogP contribution in [0.25, 0.3) is 0 Å². The first-order valence-electron chi connectivity index (χ1n) is 2.66. The molecule has 0 radical (unpaired) electrons. The molecule has 0 rings (SSSR count). The monoisotopic (exact) mass is 112 g/mol. The van der Waals surface area contributed by atoms with E-state index in [1.54, 1.807) is 12.2 Å². The summed E-state index contributed by atoms with van der Waals surface area (Å²) in [4.78, 5) is 0. The van der Waals surface area contributed by atoms with Crippen LogP contribution in [0.5, 0.6) is 0 Å². The Morgan fingerprint density at radius 2 is 2.25 bits per heavy atom. The minimum atomic E-state index is 0.146. The first kappa shape index (κ1) is 7.44. The fourth-order valence-corrected chi connectivity index (χ4v) is 0.288. The van der Waals surface area contributed by atoms with Gasteiger partial charge in [-0.3, -0.25) is 0 Å². The van der Waals surface area contributed by atoms with E-state index in [4.69, 9.17) is 4.74 Å². The van der Waals surface area contributed by atoms with E-state index in [0.29, 0.717) is 6.61 Å². The first-order valence-corrected chi connectivity index (χ1v) is 2.66. The van der Waals surface area contributed by atoms with Crippen molar-refractivity contribution in [1.29, 1.82) is 0 Å². The minimum absolute atomic E-state index is 0.146. The molecule has 0 aliphatic heterocycles. The van der Waals surface area contributed by atoms with Gasteiger partial charge < -0.3 is 4.74 Å². The molecule has 0 bridgehead atoms. The summed E-state index contributed by atoms with van der Waals surface area (Å²) >= 11 is 0. The maximum absolute atomic E-state index is 5.10. The van der Waals surface area contributed by atoms with Crippen LogP contribution in [-0.2, 0) is 4.74 Å². The van der Waals surface area contributed by atoms with Crippen LogP contribution in [0.1, 0.15) is 6.92 Å². The average Bonchev–Trinajstić information content (AvgIpc) is 1.83. The molecular formula is C7H12O. The molecule has 0 aliphatic rings. The van der Waals surface area contributed by atoms with Gasteiger partial charge in [0.25, 0.3) is 0 Å². The second-order valence-electron chi connectivity index (χ2n) is 1.56. The van der Waals surface area contributed by atoms with Gasteiger partial charge in [-0.1, -0.05) is 12.2 Å². The van der Waals surface area contributed by atoms with Gasteiger partial charge >= 0.3 is 0 Å². The molecule has 46 valence electrons. The van der Waals surface area contributed by atoms with E-state index in [-0.39, 0.29) is 6.10 Å². The average molecular weight is 112 g/mol. The fraction of sp³-hybridized carbons (Fsp3) is 0.429. The summed E-state index contributed by atoms with van der Waals surface area (Å²) in [6.45, 7) is 9.61. The van der Waals surface area contributed by atoms with Crippen molar-refractivity contribution in [3.05, 3.63) is 25.3 Å². The largest absolute Gasteiger partial charge is 0.370 e. The van der Waals surface area contributed by atoms with E-state index in [2.05, 4.69) is 13.2 Å². The topological polar surface area (TPSA) is 9.23 Å². The third-order valence-corrected chi connectivity index (χ3v) is 0.809. The third-order valence-electron chi connectivity index (χ3n) is 0.809. The smallest absolute Gasteiger partial charge is 0.0729 e. The van der Waals surface area contributed by atoms with Crippen molar-refractivity contribution in [2.45, 2.75) is 13.0 Å². The Morgan fingerprint density at radius 3 is 2.62 bits per heavy atom. The van der Waals surface area contributed by atoms with Gasteiger partial charge in [-0.2, -0.15) is 0 Å². The van der Waals surface area contributed by atoms with E-state index >= 15 is 0 Å². The first-order chi connectivity index (χ1) is 3.81. The van der Waals surface area contributed by atoms with Gasteiger partial charge in [-0.15, -0.1) is 13.2 Å². The standard InChI is InChI=1S/C7H12O/c1-4-6-8-7(3)5-2/h4-5,7H,1-2,6H2,3H3. The zero-order chi connectivity index (χ0) is 6.41. The summed E-state index contributed by atoms with van der Waals surface area (Å²) in [5, 5.41) is 0. The van der Waals surface area contributed by atoms with Crippen LogP contribution >= 0.6 is 0 Å². The molecule has 0 amide bonds. The predicted octanol–water partition coefficient (Wildman–Crippen LogP) is 1.76. The second-order valence-corrected chi connectivity index (χ2v) is 1.56. The van der Waals surface area contributed by atoms with Crippen molar-refractivity contribution in [2.24, 2.45) is 0 Å². The summed E-state index contributed by atoms with van der Waals surface area (Å²) < 4.78 is 5.10. The molecule has 0 fully saturated rings. The van der Waals surface area contributed by atoms with Crippen LogP contribution < -0.4 is 0 Å². The van der Waals surface area contributed by atoms with E-state index in [1.807, 2.05) is 6.92 Å². The highest BCUT2D eigenvalue weighted by Gasteiger charge is 1.88. The molecule has 1 nitrogen and oxygen atoms in total. The number of rotatable bonds is 4. The SMILES string of the molecule is C=CCOC(C)C=C. The molecule has 0 aromatic heterocycles. The normalized spacial score (nSPS) is 12.6. The lowest BCUT2D eigenvalue weighted by atomic mass is 10.4. The van der Waals surface area contributed by atoms with E-state index in [1.165, 1.54) is 0 Å². The summed E-state index contributed by atoms with van der Waals surface area (Å²) in [6, 6.07) is 0. The molecule has 0 aromatic rings. The Labute approximate surface area is 50.7 Å². The summed E-state index contributed by atoms with van der Waals surface area (Å²) in [6.07, 6.45) is 3.62. The molecule has 1 heteroatoms. The highest BCUT2D eigenvalue weighted by Crippen LogP contribution is 1.88. The zero-order valence-electron chi connectivity index (χ0n) is 5.26. The Hall–Kier alpha value is -0.560. The molecule has 0 heterocycles. The van der Waals surface area contributed by atoms with Crippen LogP contribution in [0.15, 0.2) is 25.3 Å². The second kappa shape index (κ2) is 4.60. The van der Waals surface area contributed by atoms with Gasteiger partial charge in [0.05, 0.1) is 12.7 Å². The van der Waals surface area contributed by atoms with E-state index in [0.717, 1.165) is 0 Å². The molecule has 1 unspecified atom stereocenters. The molecule has 0 spiro atoms. The third kappa shape index (κ3) is 3.62. The molecule has 0 aliphatic carbocycles. The minimum Gasteiger partial charge on any atom is -0.370 e. The van der Waals surface area contributed by atoms with Crippen molar-refractivity contribution in [3.8, 4) is 0 Å². The van der Waals surface area contributed by atoms with Crippen LogP contribution in [0.3, 0.4) is 0 Å². The van der Waals surface area contributed by atoms with Crippen molar-refractivity contribution < 1.29 is 4.74 Å². The highest BCUT2D eigenvalue weighted by atomic mass is 16.5. The van der Waals surface area contributed by atoms with Crippen LogP contribution in [0.2, 0.25) is 0 Å². The zero-order valence-corrected chi connectivity index (χ0v) is 5.26. The number of hydrogen-bond donors (Lipinski definition) is 0. The Morgan fingerprint density at radius 1 is 1.62 bits per heavy atom. The lowest BCUT2D eigenvalue weighted by Crippen LogP contribution is -2.02. The van der Waals surface area contributed by atoms with Gasteiger partial charge in [-0.05, 0) is 6.92 Å². The van der Waals surface area contributed by atoms with Crippen LogP contribution in [0.4, 0.5) is 0 Å². The lowest BCUT2D eigenvalue weighted by Gasteiger charge is -2.03. The predicted molar refractivity (Wildman–Crippen MR) is 35.8 cm³/mol. The Balaban J connectivity index is 3.09. The molecule has 0 N–H and O–H groups in total. The molecule has 0 saturated carbocycles. The summed E-state index contributed by atoms with van der Waals surface area (Å²) in [7, 11) is 0. The molecule has 8 heavy (non-hydrogen) atoms. The van der Waals surface area contributed by atoms with Gasteiger partial charge in [0.2, 0.25) is 0 Å². The summed E-state index contributed by atoms with van der Waals surface area (Å²) in [5.41, 5.74) is 0. The molecule has 0 aromatic carbocycles. The fourth-order valence-electron chi connectivity index (χ4n) is 0.288. The molecule has 0 saturated heterocycles. The number of ether oxygens (including phenoxy) is 1. The Bertz CT molecular complexity index is 76.5. The van der Waals surface area contributed by atoms with E-state index in [9.17, 15) is 0 Å². The number of hydrogen-bond acceptors (Lipinski definition) is 1. The van der Waals surface area contributed by atoms with Crippen molar-refractivity contribution in [2.75, 3.05) is 6.61 Å². The van der Waals surface area contributed by atoms with Crippen LogP contribution in [-0.4, -0.2) is 12.7 Å². The molecular weight excluding hydrogens is 100 g/mol. The van der Waals surface area contributed by atoms with Crippen molar-refractivity contribution in [1.82, 2.24) is 0 Å². The van der Waals surface area contributed by atoms with Crippen LogP contribution in [0, 0.1) is 0 Å². The highest BCUT2D eigenvalue weighted by molar-refractivity contribution is 4.76. The van der Waals surface area contributed by atoms with Gasteiger partial charge in [0.15, 0.2) is 0 Å². The maximum Gasteiger partial charge on any atom is 0.0729 e. The van der Waals surface area contributed by atoms with Gasteiger partial charge in [-0.25, -0.2) is 0 Å². The Kier molecular flexibility index (Phi) is 4.27. The van der Waals surface area contributed by atoms with E-state index < -0.39 is 0 Å². The maximum atomic E-state index is 5.10. The van der Waals surface area contributed by atoms with Gasteiger partial charge in [0.1, 0.15) is 0 Å². The van der Waals surface area contributed by atoms with Crippen molar-refractivity contribution in [3.63, 3.8) is 0 Å². The quantitative estimate of drug-likeness (QED) is 0.503.